The first-order valence-electron chi connectivity index (χ1n) is 8.55. The number of hydrogen-bond acceptors (Lipinski definition) is 5. The van der Waals surface area contributed by atoms with Crippen LogP contribution in [0.3, 0.4) is 0 Å². The lowest BCUT2D eigenvalue weighted by Crippen LogP contribution is -2.23. The Kier molecular flexibility index (Phi) is 6.09. The van der Waals surface area contributed by atoms with Crippen LogP contribution in [0, 0.1) is 0 Å². The molecule has 1 N–H and O–H groups in total. The zero-order chi connectivity index (χ0) is 17.5. The number of nitrogens with one attached hydrogen (secondary N) is 1. The summed E-state index contributed by atoms with van der Waals surface area (Å²) in [5.74, 6) is 0.604. The van der Waals surface area contributed by atoms with Gasteiger partial charge in [0.2, 0.25) is 0 Å². The Labute approximate surface area is 147 Å². The highest BCUT2D eigenvalue weighted by molar-refractivity contribution is 5.94. The van der Waals surface area contributed by atoms with E-state index in [0.717, 1.165) is 42.8 Å². The summed E-state index contributed by atoms with van der Waals surface area (Å²) in [7, 11) is 1.65. The summed E-state index contributed by atoms with van der Waals surface area (Å²) < 4.78 is 10.7. The minimum atomic E-state index is -0.122. The average Bonchev–Trinajstić information content (AvgIpc) is 2.68. The molecule has 25 heavy (non-hydrogen) atoms. The van der Waals surface area contributed by atoms with Crippen molar-refractivity contribution in [2.75, 3.05) is 13.7 Å². The summed E-state index contributed by atoms with van der Waals surface area (Å²) in [4.78, 5) is 21.0. The van der Waals surface area contributed by atoms with Crippen molar-refractivity contribution in [2.24, 2.45) is 0 Å². The van der Waals surface area contributed by atoms with Crippen molar-refractivity contribution in [3.05, 3.63) is 59.2 Å². The molecule has 0 saturated carbocycles. The van der Waals surface area contributed by atoms with Crippen molar-refractivity contribution in [1.29, 1.82) is 0 Å². The molecule has 1 amide bonds. The SMILES string of the molecule is COCc1ccc(C(=O)NCc2cnc([C@H]3CCCCO3)nc2)cc1. The molecule has 6 heteroatoms. The van der Waals surface area contributed by atoms with Gasteiger partial charge in [-0.2, -0.15) is 0 Å². The number of aromatic nitrogens is 2. The first kappa shape index (κ1) is 17.5. The Morgan fingerprint density at radius 2 is 1.96 bits per heavy atom. The molecule has 1 aromatic carbocycles. The van der Waals surface area contributed by atoms with Crippen LogP contribution in [0.4, 0.5) is 0 Å². The molecular formula is C19H23N3O3. The Balaban J connectivity index is 1.53. The molecule has 6 nitrogen and oxygen atoms in total. The topological polar surface area (TPSA) is 73.3 Å². The van der Waals surface area contributed by atoms with Crippen LogP contribution in [0.25, 0.3) is 0 Å². The molecule has 1 atom stereocenters. The van der Waals surface area contributed by atoms with Gasteiger partial charge in [-0.05, 0) is 37.0 Å². The second kappa shape index (κ2) is 8.69. The monoisotopic (exact) mass is 341 g/mol. The van der Waals surface area contributed by atoms with E-state index >= 15 is 0 Å². The van der Waals surface area contributed by atoms with Crippen molar-refractivity contribution >= 4 is 5.91 Å². The Bertz CT molecular complexity index is 680. The molecule has 3 rings (SSSR count). The summed E-state index contributed by atoms with van der Waals surface area (Å²) in [5.41, 5.74) is 2.52. The van der Waals surface area contributed by atoms with Crippen molar-refractivity contribution in [3.63, 3.8) is 0 Å². The van der Waals surface area contributed by atoms with Crippen molar-refractivity contribution < 1.29 is 14.3 Å². The van der Waals surface area contributed by atoms with Gasteiger partial charge >= 0.3 is 0 Å². The van der Waals surface area contributed by atoms with Gasteiger partial charge in [0, 0.05) is 43.8 Å². The zero-order valence-corrected chi connectivity index (χ0v) is 14.4. The zero-order valence-electron chi connectivity index (χ0n) is 14.4. The van der Waals surface area contributed by atoms with Crippen LogP contribution in [-0.2, 0) is 22.6 Å². The van der Waals surface area contributed by atoms with Crippen LogP contribution in [0.2, 0.25) is 0 Å². The van der Waals surface area contributed by atoms with E-state index in [1.807, 2.05) is 12.1 Å². The number of hydrogen-bond donors (Lipinski definition) is 1. The quantitative estimate of drug-likeness (QED) is 0.874. The lowest BCUT2D eigenvalue weighted by Gasteiger charge is -2.21. The average molecular weight is 341 g/mol. The molecule has 0 radical (unpaired) electrons. The summed E-state index contributed by atoms with van der Waals surface area (Å²) in [6.07, 6.45) is 6.73. The molecule has 0 aliphatic carbocycles. The van der Waals surface area contributed by atoms with Gasteiger partial charge in [0.1, 0.15) is 6.10 Å². The van der Waals surface area contributed by atoms with Gasteiger partial charge in [0.25, 0.3) is 5.91 Å². The maximum absolute atomic E-state index is 12.2. The Morgan fingerprint density at radius 1 is 1.20 bits per heavy atom. The first-order chi connectivity index (χ1) is 12.3. The number of benzene rings is 1. The fourth-order valence-corrected chi connectivity index (χ4v) is 2.77. The smallest absolute Gasteiger partial charge is 0.251 e. The summed E-state index contributed by atoms with van der Waals surface area (Å²) in [5, 5.41) is 2.88. The van der Waals surface area contributed by atoms with E-state index in [1.165, 1.54) is 0 Å². The van der Waals surface area contributed by atoms with Crippen molar-refractivity contribution in [2.45, 2.75) is 38.5 Å². The van der Waals surface area contributed by atoms with E-state index in [9.17, 15) is 4.79 Å². The molecule has 0 bridgehead atoms. The molecule has 2 aromatic rings. The second-order valence-electron chi connectivity index (χ2n) is 6.12. The lowest BCUT2D eigenvalue weighted by atomic mass is 10.1. The highest BCUT2D eigenvalue weighted by atomic mass is 16.5. The van der Waals surface area contributed by atoms with Crippen LogP contribution < -0.4 is 5.32 Å². The fourth-order valence-electron chi connectivity index (χ4n) is 2.77. The maximum atomic E-state index is 12.2. The molecule has 1 saturated heterocycles. The normalized spacial score (nSPS) is 17.2. The number of carbonyl (C=O) groups is 1. The Morgan fingerprint density at radius 3 is 2.60 bits per heavy atom. The highest BCUT2D eigenvalue weighted by Crippen LogP contribution is 2.24. The number of rotatable bonds is 6. The minimum absolute atomic E-state index is 0.00278. The summed E-state index contributed by atoms with van der Waals surface area (Å²) >= 11 is 0. The van der Waals surface area contributed by atoms with Gasteiger partial charge in [-0.25, -0.2) is 9.97 Å². The molecule has 2 heterocycles. The Hall–Kier alpha value is -2.31. The first-order valence-corrected chi connectivity index (χ1v) is 8.55. The van der Waals surface area contributed by atoms with Gasteiger partial charge < -0.3 is 14.8 Å². The molecular weight excluding hydrogens is 318 g/mol. The number of nitrogens with zero attached hydrogens (tertiary/aromatic N) is 2. The summed E-state index contributed by atoms with van der Waals surface area (Å²) in [6, 6.07) is 7.37. The van der Waals surface area contributed by atoms with E-state index in [1.54, 1.807) is 31.6 Å². The van der Waals surface area contributed by atoms with Crippen molar-refractivity contribution in [1.82, 2.24) is 15.3 Å². The van der Waals surface area contributed by atoms with Gasteiger partial charge in [-0.15, -0.1) is 0 Å². The minimum Gasteiger partial charge on any atom is -0.380 e. The van der Waals surface area contributed by atoms with E-state index in [2.05, 4.69) is 15.3 Å². The van der Waals surface area contributed by atoms with E-state index in [0.29, 0.717) is 18.7 Å². The third-order valence-corrected chi connectivity index (χ3v) is 4.17. The van der Waals surface area contributed by atoms with Gasteiger partial charge in [-0.1, -0.05) is 12.1 Å². The van der Waals surface area contributed by atoms with Crippen LogP contribution >= 0.6 is 0 Å². The van der Waals surface area contributed by atoms with Gasteiger partial charge in [0.05, 0.1) is 6.61 Å². The fraction of sp³-hybridized carbons (Fsp3) is 0.421. The lowest BCUT2D eigenvalue weighted by molar-refractivity contribution is 0.00940. The van der Waals surface area contributed by atoms with E-state index < -0.39 is 0 Å². The molecule has 1 fully saturated rings. The largest absolute Gasteiger partial charge is 0.380 e. The van der Waals surface area contributed by atoms with Crippen molar-refractivity contribution in [3.8, 4) is 0 Å². The number of amides is 1. The standard InChI is InChI=1S/C19H23N3O3/c1-24-13-14-5-7-16(8-6-14)19(23)22-12-15-10-20-18(21-11-15)17-4-2-3-9-25-17/h5-8,10-11,17H,2-4,9,12-13H2,1H3,(H,22,23)/t17-/m1/s1. The predicted molar refractivity (Wildman–Crippen MR) is 92.9 cm³/mol. The van der Waals surface area contributed by atoms with E-state index in [-0.39, 0.29) is 12.0 Å². The second-order valence-corrected chi connectivity index (χ2v) is 6.12. The molecule has 1 aliphatic rings. The van der Waals surface area contributed by atoms with Crippen LogP contribution in [0.1, 0.15) is 52.7 Å². The molecule has 0 unspecified atom stereocenters. The van der Waals surface area contributed by atoms with Crippen LogP contribution in [0.15, 0.2) is 36.7 Å². The maximum Gasteiger partial charge on any atom is 0.251 e. The molecule has 1 aliphatic heterocycles. The van der Waals surface area contributed by atoms with E-state index in [4.69, 9.17) is 9.47 Å². The van der Waals surface area contributed by atoms with Crippen LogP contribution in [-0.4, -0.2) is 29.6 Å². The summed E-state index contributed by atoms with van der Waals surface area (Å²) in [6.45, 7) is 1.70. The molecule has 132 valence electrons. The third-order valence-electron chi connectivity index (χ3n) is 4.17. The predicted octanol–water partition coefficient (Wildman–Crippen LogP) is 2.79. The molecule has 0 spiro atoms. The van der Waals surface area contributed by atoms with Gasteiger partial charge in [0.15, 0.2) is 5.82 Å². The molecule has 1 aromatic heterocycles. The van der Waals surface area contributed by atoms with Crippen LogP contribution in [0.5, 0.6) is 0 Å². The third kappa shape index (κ3) is 4.84. The number of ether oxygens (including phenoxy) is 2. The van der Waals surface area contributed by atoms with Gasteiger partial charge in [-0.3, -0.25) is 4.79 Å². The number of carbonyl (C=O) groups excluding carboxylic acids is 1. The number of methoxy groups -OCH3 is 1. The highest BCUT2D eigenvalue weighted by Gasteiger charge is 2.18.